The molecule has 0 bridgehead atoms. The van der Waals surface area contributed by atoms with Crippen molar-refractivity contribution in [3.05, 3.63) is 76.9 Å². The Bertz CT molecular complexity index is 1100. The molecule has 0 aliphatic rings. The maximum atomic E-state index is 9.60. The molecule has 0 atom stereocenters. The second kappa shape index (κ2) is 6.39. The van der Waals surface area contributed by atoms with Crippen LogP contribution in [0.15, 0.2) is 60.8 Å². The van der Waals surface area contributed by atoms with Crippen LogP contribution < -0.4 is 5.32 Å². The van der Waals surface area contributed by atoms with Gasteiger partial charge < -0.3 is 10.4 Å². The molecule has 0 fully saturated rings. The molecule has 2 N–H and O–H groups in total. The number of hydrogen-bond donors (Lipinski definition) is 2. The lowest BCUT2D eigenvalue weighted by Crippen LogP contribution is -1.99. The van der Waals surface area contributed by atoms with Gasteiger partial charge >= 0.3 is 0 Å². The number of aryl methyl sites for hydroxylation is 1. The lowest BCUT2D eigenvalue weighted by Gasteiger charge is -2.12. The van der Waals surface area contributed by atoms with E-state index in [0.717, 1.165) is 39.5 Å². The summed E-state index contributed by atoms with van der Waals surface area (Å²) in [4.78, 5) is 4.79. The summed E-state index contributed by atoms with van der Waals surface area (Å²) in [5, 5.41) is 13.8. The van der Waals surface area contributed by atoms with Crippen LogP contribution in [0.25, 0.3) is 16.9 Å². The number of aromatic nitrogens is 2. The van der Waals surface area contributed by atoms with E-state index in [1.54, 1.807) is 12.1 Å². The fourth-order valence-corrected chi connectivity index (χ4v) is 3.14. The third-order valence-electron chi connectivity index (χ3n) is 4.43. The van der Waals surface area contributed by atoms with E-state index < -0.39 is 0 Å². The van der Waals surface area contributed by atoms with Gasteiger partial charge in [0.15, 0.2) is 0 Å². The third-order valence-corrected chi connectivity index (χ3v) is 4.84. The van der Waals surface area contributed by atoms with Crippen LogP contribution >= 0.6 is 11.6 Å². The van der Waals surface area contributed by atoms with Gasteiger partial charge in [-0.3, -0.25) is 4.40 Å². The van der Waals surface area contributed by atoms with Crippen molar-refractivity contribution in [2.75, 3.05) is 5.32 Å². The highest BCUT2D eigenvalue weighted by atomic mass is 35.5. The topological polar surface area (TPSA) is 49.6 Å². The summed E-state index contributed by atoms with van der Waals surface area (Å²) in [7, 11) is 0. The Morgan fingerprint density at radius 1 is 1.00 bits per heavy atom. The molecule has 130 valence electrons. The number of aromatic hydroxyl groups is 1. The second-order valence-corrected chi connectivity index (χ2v) is 6.74. The second-order valence-electron chi connectivity index (χ2n) is 6.33. The van der Waals surface area contributed by atoms with E-state index in [2.05, 4.69) is 11.5 Å². The highest BCUT2D eigenvalue weighted by molar-refractivity contribution is 6.31. The predicted molar refractivity (Wildman–Crippen MR) is 107 cm³/mol. The van der Waals surface area contributed by atoms with Crippen molar-refractivity contribution in [2.45, 2.75) is 13.8 Å². The summed E-state index contributed by atoms with van der Waals surface area (Å²) in [6.07, 6.45) is 2.05. The van der Waals surface area contributed by atoms with Gasteiger partial charge in [-0.1, -0.05) is 23.7 Å². The molecular weight excluding hydrogens is 346 g/mol. The summed E-state index contributed by atoms with van der Waals surface area (Å²) in [6, 6.07) is 16.9. The van der Waals surface area contributed by atoms with Crippen LogP contribution in [0.3, 0.4) is 0 Å². The molecule has 2 heterocycles. The van der Waals surface area contributed by atoms with Gasteiger partial charge in [-0.2, -0.15) is 0 Å². The van der Waals surface area contributed by atoms with Gasteiger partial charge in [0.05, 0.1) is 0 Å². The molecule has 0 amide bonds. The van der Waals surface area contributed by atoms with Crippen molar-refractivity contribution in [1.82, 2.24) is 9.38 Å². The Hall–Kier alpha value is -2.98. The fourth-order valence-electron chi connectivity index (χ4n) is 2.96. The summed E-state index contributed by atoms with van der Waals surface area (Å²) in [6.45, 7) is 4.04. The molecular formula is C21H18ClN3O. The van der Waals surface area contributed by atoms with E-state index in [4.69, 9.17) is 16.6 Å². The van der Waals surface area contributed by atoms with Crippen molar-refractivity contribution < 1.29 is 5.11 Å². The highest BCUT2D eigenvalue weighted by Crippen LogP contribution is 2.34. The van der Waals surface area contributed by atoms with Crippen molar-refractivity contribution >= 4 is 28.8 Å². The highest BCUT2D eigenvalue weighted by Gasteiger charge is 2.16. The SMILES string of the molecule is Cc1ccc2nc(-c3ccc(O)cc3)c(Nc3cccc(Cl)c3C)n2c1. The molecule has 2 aromatic carbocycles. The Morgan fingerprint density at radius 2 is 1.77 bits per heavy atom. The quantitative estimate of drug-likeness (QED) is 0.489. The van der Waals surface area contributed by atoms with Crippen molar-refractivity contribution in [3.8, 4) is 17.0 Å². The lowest BCUT2D eigenvalue weighted by molar-refractivity contribution is 0.475. The minimum absolute atomic E-state index is 0.230. The minimum atomic E-state index is 0.230. The number of imidazole rings is 1. The van der Waals surface area contributed by atoms with E-state index in [1.807, 2.05) is 60.7 Å². The van der Waals surface area contributed by atoms with Crippen LogP contribution in [0.1, 0.15) is 11.1 Å². The lowest BCUT2D eigenvalue weighted by atomic mass is 10.1. The summed E-state index contributed by atoms with van der Waals surface area (Å²) in [5.74, 6) is 1.09. The first kappa shape index (κ1) is 16.5. The Kier molecular flexibility index (Phi) is 4.05. The van der Waals surface area contributed by atoms with Gasteiger partial charge in [-0.05, 0) is 67.4 Å². The van der Waals surface area contributed by atoms with Crippen LogP contribution in [0.4, 0.5) is 11.5 Å². The Labute approximate surface area is 156 Å². The molecule has 4 rings (SSSR count). The zero-order valence-corrected chi connectivity index (χ0v) is 15.2. The number of rotatable bonds is 3. The van der Waals surface area contributed by atoms with Crippen LogP contribution in [0, 0.1) is 13.8 Å². The van der Waals surface area contributed by atoms with E-state index >= 15 is 0 Å². The van der Waals surface area contributed by atoms with Crippen LogP contribution in [-0.4, -0.2) is 14.5 Å². The predicted octanol–water partition coefficient (Wildman–Crippen LogP) is 5.72. The molecule has 5 heteroatoms. The fraction of sp³-hybridized carbons (Fsp3) is 0.0952. The molecule has 4 nitrogen and oxygen atoms in total. The molecule has 0 aliphatic carbocycles. The zero-order chi connectivity index (χ0) is 18.3. The van der Waals surface area contributed by atoms with Gasteiger partial charge in [0, 0.05) is 22.5 Å². The molecule has 0 spiro atoms. The molecule has 0 radical (unpaired) electrons. The average Bonchev–Trinajstić information content (AvgIpc) is 2.97. The number of phenols is 1. The number of anilines is 2. The van der Waals surface area contributed by atoms with Crippen LogP contribution in [0.5, 0.6) is 5.75 Å². The van der Waals surface area contributed by atoms with Gasteiger partial charge in [-0.15, -0.1) is 0 Å². The summed E-state index contributed by atoms with van der Waals surface area (Å²) in [5.41, 5.74) is 5.63. The molecule has 2 aromatic heterocycles. The van der Waals surface area contributed by atoms with Gasteiger partial charge in [-0.25, -0.2) is 4.98 Å². The van der Waals surface area contributed by atoms with Crippen molar-refractivity contribution in [3.63, 3.8) is 0 Å². The van der Waals surface area contributed by atoms with Gasteiger partial charge in [0.25, 0.3) is 0 Å². The molecule has 0 unspecified atom stereocenters. The van der Waals surface area contributed by atoms with E-state index in [0.29, 0.717) is 5.02 Å². The number of halogens is 1. The summed E-state index contributed by atoms with van der Waals surface area (Å²) < 4.78 is 2.04. The number of fused-ring (bicyclic) bond motifs is 1. The number of phenolic OH excluding ortho intramolecular Hbond substituents is 1. The summed E-state index contributed by atoms with van der Waals surface area (Å²) >= 11 is 6.28. The molecule has 0 aliphatic heterocycles. The normalized spacial score (nSPS) is 11.0. The smallest absolute Gasteiger partial charge is 0.143 e. The first-order valence-corrected chi connectivity index (χ1v) is 8.71. The number of hydrogen-bond acceptors (Lipinski definition) is 3. The maximum Gasteiger partial charge on any atom is 0.143 e. The largest absolute Gasteiger partial charge is 0.508 e. The number of benzene rings is 2. The van der Waals surface area contributed by atoms with Gasteiger partial charge in [0.1, 0.15) is 22.9 Å². The van der Waals surface area contributed by atoms with E-state index in [9.17, 15) is 5.11 Å². The Morgan fingerprint density at radius 3 is 2.54 bits per heavy atom. The first-order valence-electron chi connectivity index (χ1n) is 8.33. The average molecular weight is 364 g/mol. The monoisotopic (exact) mass is 363 g/mol. The van der Waals surface area contributed by atoms with E-state index in [-0.39, 0.29) is 5.75 Å². The van der Waals surface area contributed by atoms with Crippen LogP contribution in [0.2, 0.25) is 5.02 Å². The molecule has 4 aromatic rings. The van der Waals surface area contributed by atoms with Crippen LogP contribution in [-0.2, 0) is 0 Å². The maximum absolute atomic E-state index is 9.60. The van der Waals surface area contributed by atoms with Crippen molar-refractivity contribution in [2.24, 2.45) is 0 Å². The Balaban J connectivity index is 1.93. The first-order chi connectivity index (χ1) is 12.5. The number of nitrogens with one attached hydrogen (secondary N) is 1. The van der Waals surface area contributed by atoms with Gasteiger partial charge in [0.2, 0.25) is 0 Å². The zero-order valence-electron chi connectivity index (χ0n) is 14.5. The third kappa shape index (κ3) is 2.89. The molecule has 0 saturated heterocycles. The molecule has 0 saturated carbocycles. The molecule has 26 heavy (non-hydrogen) atoms. The minimum Gasteiger partial charge on any atom is -0.508 e. The standard InChI is InChI=1S/C21H18ClN3O/c1-13-6-11-19-24-20(15-7-9-16(26)10-8-15)21(25(19)12-13)23-18-5-3-4-17(22)14(18)2/h3-12,23,26H,1-2H3. The van der Waals surface area contributed by atoms with E-state index in [1.165, 1.54) is 0 Å². The number of nitrogens with zero attached hydrogens (tertiary/aromatic N) is 2. The number of pyridine rings is 1. The van der Waals surface area contributed by atoms with Crippen molar-refractivity contribution in [1.29, 1.82) is 0 Å².